The molecule has 1 rings (SSSR count). The lowest BCUT2D eigenvalue weighted by Gasteiger charge is -2.19. The third-order valence-corrected chi connectivity index (χ3v) is 3.05. The fraction of sp³-hybridized carbons (Fsp3) is 0.533. The predicted octanol–water partition coefficient (Wildman–Crippen LogP) is 1.51. The van der Waals surface area contributed by atoms with Gasteiger partial charge in [-0.3, -0.25) is 4.79 Å². The van der Waals surface area contributed by atoms with Crippen LogP contribution < -0.4 is 0 Å². The Morgan fingerprint density at radius 3 is 2.74 bits per heavy atom. The van der Waals surface area contributed by atoms with Gasteiger partial charge in [-0.1, -0.05) is 24.3 Å². The van der Waals surface area contributed by atoms with Crippen molar-refractivity contribution in [2.24, 2.45) is 0 Å². The highest BCUT2D eigenvalue weighted by Gasteiger charge is 2.12. The summed E-state index contributed by atoms with van der Waals surface area (Å²) < 4.78 is 4.87. The summed E-state index contributed by atoms with van der Waals surface area (Å²) in [5.41, 5.74) is 1.79. The van der Waals surface area contributed by atoms with Crippen LogP contribution in [0.1, 0.15) is 22.3 Å². The number of Topliss-reactive ketones (excluding diaryl/α,β-unsaturated/α-hetero) is 1. The van der Waals surface area contributed by atoms with Crippen molar-refractivity contribution in [3.8, 4) is 0 Å². The zero-order chi connectivity index (χ0) is 14.3. The van der Waals surface area contributed by atoms with Crippen molar-refractivity contribution >= 4 is 5.78 Å². The minimum atomic E-state index is -0.511. The molecule has 0 heterocycles. The standard InChI is InChI=1S/C15H23NO3/c1-12-6-4-5-7-14(12)15(18)8-9-16(2)10-13(17)11-19-3/h4-7,13,17H,8-11H2,1-3H3. The third-order valence-electron chi connectivity index (χ3n) is 3.05. The fourth-order valence-electron chi connectivity index (χ4n) is 2.01. The number of hydrogen-bond acceptors (Lipinski definition) is 4. The Morgan fingerprint density at radius 2 is 2.11 bits per heavy atom. The first kappa shape index (κ1) is 15.8. The van der Waals surface area contributed by atoms with Gasteiger partial charge in [-0.2, -0.15) is 0 Å². The molecule has 1 aromatic carbocycles. The number of benzene rings is 1. The second-order valence-corrected chi connectivity index (χ2v) is 4.86. The van der Waals surface area contributed by atoms with Crippen molar-refractivity contribution in [2.75, 3.05) is 33.9 Å². The smallest absolute Gasteiger partial charge is 0.164 e. The number of aliphatic hydroxyl groups excluding tert-OH is 1. The molecular formula is C15H23NO3. The molecule has 106 valence electrons. The Hall–Kier alpha value is -1.23. The monoisotopic (exact) mass is 265 g/mol. The van der Waals surface area contributed by atoms with Crippen molar-refractivity contribution in [1.29, 1.82) is 0 Å². The van der Waals surface area contributed by atoms with Crippen LogP contribution in [0.15, 0.2) is 24.3 Å². The largest absolute Gasteiger partial charge is 0.389 e. The summed E-state index contributed by atoms with van der Waals surface area (Å²) in [5, 5.41) is 9.59. The molecule has 0 saturated carbocycles. The quantitative estimate of drug-likeness (QED) is 0.724. The molecule has 0 fully saturated rings. The van der Waals surface area contributed by atoms with Gasteiger partial charge in [0.25, 0.3) is 0 Å². The summed E-state index contributed by atoms with van der Waals surface area (Å²) in [6.07, 6.45) is -0.0512. The third kappa shape index (κ3) is 5.51. The van der Waals surface area contributed by atoms with E-state index < -0.39 is 6.10 Å². The molecule has 1 N–H and O–H groups in total. The zero-order valence-electron chi connectivity index (χ0n) is 11.9. The first-order chi connectivity index (χ1) is 9.04. The molecule has 0 saturated heterocycles. The summed E-state index contributed by atoms with van der Waals surface area (Å²) in [6, 6.07) is 7.61. The van der Waals surface area contributed by atoms with Crippen LogP contribution in [0.2, 0.25) is 0 Å². The minimum absolute atomic E-state index is 0.145. The Bertz CT molecular complexity index is 406. The van der Waals surface area contributed by atoms with Gasteiger partial charge in [0, 0.05) is 32.2 Å². The molecule has 0 amide bonds. The first-order valence-electron chi connectivity index (χ1n) is 6.49. The predicted molar refractivity (Wildman–Crippen MR) is 75.5 cm³/mol. The average molecular weight is 265 g/mol. The topological polar surface area (TPSA) is 49.8 Å². The normalized spacial score (nSPS) is 12.7. The molecule has 0 aliphatic carbocycles. The van der Waals surface area contributed by atoms with Gasteiger partial charge in [0.2, 0.25) is 0 Å². The number of carbonyl (C=O) groups excluding carboxylic acids is 1. The fourth-order valence-corrected chi connectivity index (χ4v) is 2.01. The van der Waals surface area contributed by atoms with Crippen LogP contribution in [0.3, 0.4) is 0 Å². The Morgan fingerprint density at radius 1 is 1.42 bits per heavy atom. The molecule has 0 aromatic heterocycles. The van der Waals surface area contributed by atoms with Gasteiger partial charge in [0.15, 0.2) is 5.78 Å². The highest BCUT2D eigenvalue weighted by Crippen LogP contribution is 2.10. The lowest BCUT2D eigenvalue weighted by molar-refractivity contribution is 0.0428. The Kier molecular flexibility index (Phi) is 6.70. The number of ether oxygens (including phenoxy) is 1. The molecule has 1 aromatic rings. The maximum absolute atomic E-state index is 12.1. The van der Waals surface area contributed by atoms with Crippen molar-refractivity contribution in [3.05, 3.63) is 35.4 Å². The summed E-state index contributed by atoms with van der Waals surface area (Å²) in [4.78, 5) is 14.0. The number of ketones is 1. The first-order valence-corrected chi connectivity index (χ1v) is 6.49. The van der Waals surface area contributed by atoms with Crippen molar-refractivity contribution < 1.29 is 14.6 Å². The maximum atomic E-state index is 12.1. The second-order valence-electron chi connectivity index (χ2n) is 4.86. The number of rotatable bonds is 8. The van der Waals surface area contributed by atoms with Crippen molar-refractivity contribution in [1.82, 2.24) is 4.90 Å². The summed E-state index contributed by atoms with van der Waals surface area (Å²) in [6.45, 7) is 3.40. The van der Waals surface area contributed by atoms with E-state index in [9.17, 15) is 9.90 Å². The maximum Gasteiger partial charge on any atom is 0.164 e. The molecule has 4 nitrogen and oxygen atoms in total. The van der Waals surface area contributed by atoms with Gasteiger partial charge in [-0.05, 0) is 19.5 Å². The van der Waals surface area contributed by atoms with Crippen LogP contribution in [0, 0.1) is 6.92 Å². The number of aryl methyl sites for hydroxylation is 1. The van der Waals surface area contributed by atoms with Crippen LogP contribution >= 0.6 is 0 Å². The van der Waals surface area contributed by atoms with Crippen LogP contribution in [-0.2, 0) is 4.74 Å². The van der Waals surface area contributed by atoms with E-state index in [0.717, 1.165) is 11.1 Å². The lowest BCUT2D eigenvalue weighted by Crippen LogP contribution is -2.33. The molecule has 19 heavy (non-hydrogen) atoms. The SMILES string of the molecule is COCC(O)CN(C)CCC(=O)c1ccccc1C. The Balaban J connectivity index is 2.40. The van der Waals surface area contributed by atoms with E-state index in [1.807, 2.05) is 43.1 Å². The highest BCUT2D eigenvalue weighted by molar-refractivity contribution is 5.97. The van der Waals surface area contributed by atoms with Gasteiger partial charge >= 0.3 is 0 Å². The van der Waals surface area contributed by atoms with Gasteiger partial charge < -0.3 is 14.7 Å². The van der Waals surface area contributed by atoms with Crippen molar-refractivity contribution in [3.63, 3.8) is 0 Å². The molecule has 0 bridgehead atoms. The lowest BCUT2D eigenvalue weighted by atomic mass is 10.0. The number of hydrogen-bond donors (Lipinski definition) is 1. The minimum Gasteiger partial charge on any atom is -0.389 e. The molecular weight excluding hydrogens is 242 g/mol. The second kappa shape index (κ2) is 8.04. The van der Waals surface area contributed by atoms with E-state index in [0.29, 0.717) is 26.1 Å². The van der Waals surface area contributed by atoms with Gasteiger partial charge in [0.1, 0.15) is 0 Å². The van der Waals surface area contributed by atoms with Crippen LogP contribution in [-0.4, -0.2) is 55.7 Å². The van der Waals surface area contributed by atoms with E-state index in [1.165, 1.54) is 0 Å². The summed E-state index contributed by atoms with van der Waals surface area (Å²) in [5.74, 6) is 0.145. The van der Waals surface area contributed by atoms with E-state index >= 15 is 0 Å². The van der Waals surface area contributed by atoms with E-state index in [4.69, 9.17) is 4.74 Å². The zero-order valence-corrected chi connectivity index (χ0v) is 11.9. The van der Waals surface area contributed by atoms with Gasteiger partial charge in [-0.15, -0.1) is 0 Å². The van der Waals surface area contributed by atoms with E-state index in [-0.39, 0.29) is 5.78 Å². The number of methoxy groups -OCH3 is 1. The molecule has 1 unspecified atom stereocenters. The van der Waals surface area contributed by atoms with Gasteiger partial charge in [0.05, 0.1) is 12.7 Å². The molecule has 4 heteroatoms. The number of nitrogens with zero attached hydrogens (tertiary/aromatic N) is 1. The number of likely N-dealkylation sites (N-methyl/N-ethyl adjacent to an activating group) is 1. The molecule has 1 atom stereocenters. The molecule has 0 aliphatic heterocycles. The summed E-state index contributed by atoms with van der Waals surface area (Å²) >= 11 is 0. The van der Waals surface area contributed by atoms with E-state index in [1.54, 1.807) is 7.11 Å². The number of aliphatic hydroxyl groups is 1. The molecule has 0 spiro atoms. The average Bonchev–Trinajstić information content (AvgIpc) is 2.36. The molecule has 0 radical (unpaired) electrons. The van der Waals surface area contributed by atoms with E-state index in [2.05, 4.69) is 0 Å². The summed E-state index contributed by atoms with van der Waals surface area (Å²) in [7, 11) is 3.45. The van der Waals surface area contributed by atoms with Gasteiger partial charge in [-0.25, -0.2) is 0 Å². The Labute approximate surface area is 115 Å². The number of carbonyl (C=O) groups is 1. The van der Waals surface area contributed by atoms with Crippen LogP contribution in [0.5, 0.6) is 0 Å². The highest BCUT2D eigenvalue weighted by atomic mass is 16.5. The molecule has 0 aliphatic rings. The van der Waals surface area contributed by atoms with Crippen LogP contribution in [0.25, 0.3) is 0 Å². The van der Waals surface area contributed by atoms with Crippen molar-refractivity contribution in [2.45, 2.75) is 19.4 Å². The van der Waals surface area contributed by atoms with Crippen LogP contribution in [0.4, 0.5) is 0 Å².